The zero-order chi connectivity index (χ0) is 18.5. The fourth-order valence-corrected chi connectivity index (χ4v) is 8.15. The van der Waals surface area contributed by atoms with Gasteiger partial charge in [0.15, 0.2) is 5.79 Å². The van der Waals surface area contributed by atoms with Gasteiger partial charge < -0.3 is 9.47 Å². The van der Waals surface area contributed by atoms with E-state index in [4.69, 9.17) is 9.47 Å². The van der Waals surface area contributed by atoms with E-state index < -0.39 is 5.79 Å². The Labute approximate surface area is 158 Å². The minimum atomic E-state index is -0.484. The first-order chi connectivity index (χ1) is 12.2. The summed E-state index contributed by atoms with van der Waals surface area (Å²) >= 11 is 0. The minimum Gasteiger partial charge on any atom is -0.344 e. The molecule has 4 saturated carbocycles. The van der Waals surface area contributed by atoms with E-state index >= 15 is 0 Å². The number of ether oxygens (including phenoxy) is 2. The lowest BCUT2D eigenvalue weighted by molar-refractivity contribution is -0.181. The van der Waals surface area contributed by atoms with E-state index in [0.717, 1.165) is 25.2 Å². The lowest BCUT2D eigenvalue weighted by Crippen LogP contribution is -2.63. The molecular formula is C23H36O3. The van der Waals surface area contributed by atoms with Crippen molar-refractivity contribution in [3.8, 4) is 0 Å². The Bertz CT molecular complexity index is 627. The van der Waals surface area contributed by atoms with Gasteiger partial charge in [-0.25, -0.2) is 0 Å². The van der Waals surface area contributed by atoms with Crippen LogP contribution in [0, 0.1) is 40.4 Å². The molecule has 0 aromatic rings. The SMILES string of the molecule is C[C@H]1CC[C@@]2(C)C(C1)[C@H]1OC(C)(C)O[C@@H]1C1[C@@H]2CC[C@]2(C)C(=O)CC[C@@H]12. The molecule has 1 aliphatic heterocycles. The van der Waals surface area contributed by atoms with Crippen molar-refractivity contribution >= 4 is 5.78 Å². The molecule has 0 radical (unpaired) electrons. The lowest BCUT2D eigenvalue weighted by atomic mass is 9.43. The third kappa shape index (κ3) is 2.16. The standard InChI is InChI=1S/C23H36O3/c1-13-8-10-22(4)15-9-11-23(5)14(6-7-17(23)24)18(15)20-19(16(22)12-13)25-21(2,3)26-20/h13-16,18-20H,6-12H2,1-5H3/t13-,14-,15-,16?,18?,19+,20+,22+,23-/m0/s1. The zero-order valence-electron chi connectivity index (χ0n) is 17.2. The molecule has 2 unspecified atom stereocenters. The fourth-order valence-electron chi connectivity index (χ4n) is 8.15. The van der Waals surface area contributed by atoms with Crippen LogP contribution in [-0.2, 0) is 14.3 Å². The molecule has 3 nitrogen and oxygen atoms in total. The molecule has 5 fully saturated rings. The Hall–Kier alpha value is -0.410. The molecule has 5 aliphatic rings. The summed E-state index contributed by atoms with van der Waals surface area (Å²) in [5.41, 5.74) is 0.252. The Balaban J connectivity index is 1.59. The molecule has 1 saturated heterocycles. The summed E-state index contributed by atoms with van der Waals surface area (Å²) in [6.45, 7) is 11.4. The summed E-state index contributed by atoms with van der Waals surface area (Å²) < 4.78 is 13.2. The molecule has 4 aliphatic carbocycles. The van der Waals surface area contributed by atoms with Gasteiger partial charge in [0.05, 0.1) is 12.2 Å². The van der Waals surface area contributed by atoms with Gasteiger partial charge in [0.1, 0.15) is 5.78 Å². The van der Waals surface area contributed by atoms with Crippen molar-refractivity contribution in [3.63, 3.8) is 0 Å². The highest BCUT2D eigenvalue weighted by molar-refractivity contribution is 5.87. The van der Waals surface area contributed by atoms with Crippen molar-refractivity contribution in [1.29, 1.82) is 0 Å². The molecule has 26 heavy (non-hydrogen) atoms. The van der Waals surface area contributed by atoms with Gasteiger partial charge in [-0.2, -0.15) is 0 Å². The van der Waals surface area contributed by atoms with Crippen LogP contribution in [0.3, 0.4) is 0 Å². The molecule has 0 amide bonds. The number of fused-ring (bicyclic) bond motifs is 8. The van der Waals surface area contributed by atoms with E-state index in [1.165, 1.54) is 25.7 Å². The maximum absolute atomic E-state index is 12.8. The van der Waals surface area contributed by atoms with Gasteiger partial charge >= 0.3 is 0 Å². The van der Waals surface area contributed by atoms with Crippen LogP contribution in [0.1, 0.15) is 79.6 Å². The van der Waals surface area contributed by atoms with Gasteiger partial charge in [-0.3, -0.25) is 4.79 Å². The van der Waals surface area contributed by atoms with Crippen LogP contribution in [0.2, 0.25) is 0 Å². The molecule has 9 atom stereocenters. The van der Waals surface area contributed by atoms with E-state index in [2.05, 4.69) is 34.6 Å². The normalized spacial score (nSPS) is 57.9. The molecule has 0 bridgehead atoms. The highest BCUT2D eigenvalue weighted by Gasteiger charge is 2.68. The summed E-state index contributed by atoms with van der Waals surface area (Å²) in [4.78, 5) is 12.8. The van der Waals surface area contributed by atoms with E-state index in [1.807, 2.05) is 0 Å². The van der Waals surface area contributed by atoms with Gasteiger partial charge in [-0.1, -0.05) is 27.2 Å². The molecular weight excluding hydrogens is 324 g/mol. The van der Waals surface area contributed by atoms with Gasteiger partial charge in [0.25, 0.3) is 0 Å². The van der Waals surface area contributed by atoms with Crippen LogP contribution < -0.4 is 0 Å². The van der Waals surface area contributed by atoms with Crippen LogP contribution in [0.15, 0.2) is 0 Å². The fraction of sp³-hybridized carbons (Fsp3) is 0.957. The van der Waals surface area contributed by atoms with Gasteiger partial charge in [-0.05, 0) is 81.0 Å². The van der Waals surface area contributed by atoms with Gasteiger partial charge in [0, 0.05) is 11.8 Å². The maximum Gasteiger partial charge on any atom is 0.163 e. The quantitative estimate of drug-likeness (QED) is 0.611. The third-order valence-electron chi connectivity index (χ3n) is 9.51. The third-order valence-corrected chi connectivity index (χ3v) is 9.51. The summed E-state index contributed by atoms with van der Waals surface area (Å²) in [6, 6.07) is 0. The predicted molar refractivity (Wildman–Crippen MR) is 100 cm³/mol. The number of hydrogen-bond donors (Lipinski definition) is 0. The number of hydrogen-bond acceptors (Lipinski definition) is 3. The summed E-state index contributed by atoms with van der Waals surface area (Å²) in [5, 5.41) is 0. The maximum atomic E-state index is 12.8. The predicted octanol–water partition coefficient (Wildman–Crippen LogP) is 4.97. The number of ketones is 1. The molecule has 0 N–H and O–H groups in total. The average Bonchev–Trinajstić information content (AvgIpc) is 3.05. The molecule has 0 aromatic heterocycles. The zero-order valence-corrected chi connectivity index (χ0v) is 17.2. The number of carbonyl (C=O) groups is 1. The van der Waals surface area contributed by atoms with Crippen molar-refractivity contribution in [1.82, 2.24) is 0 Å². The average molecular weight is 361 g/mol. The second-order valence-corrected chi connectivity index (χ2v) is 11.3. The van der Waals surface area contributed by atoms with Crippen LogP contribution in [-0.4, -0.2) is 23.8 Å². The van der Waals surface area contributed by atoms with Crippen LogP contribution in [0.25, 0.3) is 0 Å². The highest BCUT2D eigenvalue weighted by Crippen LogP contribution is 2.68. The Morgan fingerprint density at radius 1 is 0.885 bits per heavy atom. The summed E-state index contributed by atoms with van der Waals surface area (Å²) in [7, 11) is 0. The van der Waals surface area contributed by atoms with E-state index in [9.17, 15) is 4.79 Å². The molecule has 5 rings (SSSR count). The molecule has 0 aromatic carbocycles. The number of Topliss-reactive ketones (excluding diaryl/α,β-unsaturated/α-hetero) is 1. The first-order valence-electron chi connectivity index (χ1n) is 11.0. The topological polar surface area (TPSA) is 35.5 Å². The Kier molecular flexibility index (Phi) is 3.63. The van der Waals surface area contributed by atoms with Crippen LogP contribution in [0.5, 0.6) is 0 Å². The van der Waals surface area contributed by atoms with E-state index in [-0.39, 0.29) is 17.6 Å². The summed E-state index contributed by atoms with van der Waals surface area (Å²) in [5.74, 6) is 3.13. The van der Waals surface area contributed by atoms with E-state index in [1.54, 1.807) is 0 Å². The molecule has 3 heteroatoms. The van der Waals surface area contributed by atoms with Crippen molar-refractivity contribution in [3.05, 3.63) is 0 Å². The van der Waals surface area contributed by atoms with Crippen molar-refractivity contribution < 1.29 is 14.3 Å². The monoisotopic (exact) mass is 360 g/mol. The van der Waals surface area contributed by atoms with Crippen molar-refractivity contribution in [2.75, 3.05) is 0 Å². The second kappa shape index (κ2) is 5.35. The number of rotatable bonds is 0. The molecule has 146 valence electrons. The lowest BCUT2D eigenvalue weighted by Gasteiger charge is -2.62. The van der Waals surface area contributed by atoms with Gasteiger partial charge in [-0.15, -0.1) is 0 Å². The largest absolute Gasteiger partial charge is 0.344 e. The van der Waals surface area contributed by atoms with Crippen LogP contribution >= 0.6 is 0 Å². The second-order valence-electron chi connectivity index (χ2n) is 11.3. The Morgan fingerprint density at radius 2 is 1.62 bits per heavy atom. The van der Waals surface area contributed by atoms with Crippen molar-refractivity contribution in [2.24, 2.45) is 40.4 Å². The van der Waals surface area contributed by atoms with Gasteiger partial charge in [0.2, 0.25) is 0 Å². The minimum absolute atomic E-state index is 0.104. The summed E-state index contributed by atoms with van der Waals surface area (Å²) in [6.07, 6.45) is 8.51. The van der Waals surface area contributed by atoms with E-state index in [0.29, 0.717) is 34.9 Å². The smallest absolute Gasteiger partial charge is 0.163 e. The molecule has 1 heterocycles. The number of carbonyl (C=O) groups excluding carboxylic acids is 1. The van der Waals surface area contributed by atoms with Crippen LogP contribution in [0.4, 0.5) is 0 Å². The highest BCUT2D eigenvalue weighted by atomic mass is 16.8. The first kappa shape index (κ1) is 17.7. The first-order valence-corrected chi connectivity index (χ1v) is 11.0. The Morgan fingerprint density at radius 3 is 2.38 bits per heavy atom. The van der Waals surface area contributed by atoms with Crippen molar-refractivity contribution in [2.45, 2.75) is 97.6 Å². The molecule has 0 spiro atoms.